The Kier molecular flexibility index (Phi) is 5.44. The lowest BCUT2D eigenvalue weighted by molar-refractivity contribution is 0.380. The largest absolute Gasteiger partial charge is 0.496 e. The third-order valence-corrected chi connectivity index (χ3v) is 5.70. The van der Waals surface area contributed by atoms with Gasteiger partial charge in [0, 0.05) is 17.0 Å². The van der Waals surface area contributed by atoms with E-state index in [1.807, 2.05) is 17.5 Å². The maximum absolute atomic E-state index is 12.5. The van der Waals surface area contributed by atoms with Gasteiger partial charge in [-0.15, -0.1) is 11.3 Å². The molecule has 2 aromatic rings. The lowest BCUT2D eigenvalue weighted by atomic mass is 10.2. The highest BCUT2D eigenvalue weighted by Gasteiger charge is 2.22. The van der Waals surface area contributed by atoms with Crippen LogP contribution in [0.15, 0.2) is 34.5 Å². The Labute approximate surface area is 134 Å². The Balaban J connectivity index is 2.20. The molecule has 0 spiro atoms. The van der Waals surface area contributed by atoms with Gasteiger partial charge in [-0.05, 0) is 36.9 Å². The van der Waals surface area contributed by atoms with Gasteiger partial charge in [0.25, 0.3) is 0 Å². The van der Waals surface area contributed by atoms with Crippen molar-refractivity contribution in [1.29, 1.82) is 0 Å². The highest BCUT2D eigenvalue weighted by molar-refractivity contribution is 7.89. The second-order valence-corrected chi connectivity index (χ2v) is 7.42. The van der Waals surface area contributed by atoms with Gasteiger partial charge in [0.1, 0.15) is 16.4 Å². The van der Waals surface area contributed by atoms with Crippen molar-refractivity contribution < 1.29 is 17.9 Å². The summed E-state index contributed by atoms with van der Waals surface area (Å²) in [7, 11) is -0.642. The van der Waals surface area contributed by atoms with E-state index in [4.69, 9.17) is 9.47 Å². The summed E-state index contributed by atoms with van der Waals surface area (Å²) in [5.74, 6) is 0.900. The minimum absolute atomic E-state index is 0.125. The van der Waals surface area contributed by atoms with Crippen molar-refractivity contribution in [2.45, 2.75) is 18.2 Å². The lowest BCUT2D eigenvalue weighted by Gasteiger charge is -2.15. The average Bonchev–Trinajstić information content (AvgIpc) is 3.00. The standard InChI is InChI=1S/C15H19NO4S2/c1-11-13(19-2)6-7-14(15(11)20-3)22(17,18)16-9-8-12-5-4-10-21-12/h4-7,10,16H,8-9H2,1-3H3. The maximum Gasteiger partial charge on any atom is 0.244 e. The van der Waals surface area contributed by atoms with Crippen LogP contribution >= 0.6 is 11.3 Å². The Hall–Kier alpha value is -1.57. The molecule has 120 valence electrons. The van der Waals surface area contributed by atoms with Gasteiger partial charge in [-0.2, -0.15) is 0 Å². The molecule has 0 aliphatic carbocycles. The van der Waals surface area contributed by atoms with Crippen LogP contribution < -0.4 is 14.2 Å². The van der Waals surface area contributed by atoms with E-state index in [-0.39, 0.29) is 4.90 Å². The number of benzene rings is 1. The Morgan fingerprint density at radius 1 is 1.18 bits per heavy atom. The molecule has 0 atom stereocenters. The van der Waals surface area contributed by atoms with Gasteiger partial charge in [0.05, 0.1) is 14.2 Å². The summed E-state index contributed by atoms with van der Waals surface area (Å²) in [6.45, 7) is 2.11. The second-order valence-electron chi connectivity index (χ2n) is 4.65. The van der Waals surface area contributed by atoms with Gasteiger partial charge in [0.15, 0.2) is 0 Å². The quantitative estimate of drug-likeness (QED) is 0.841. The molecule has 1 N–H and O–H groups in total. The molecule has 1 heterocycles. The molecule has 0 bridgehead atoms. The van der Waals surface area contributed by atoms with Crippen molar-refractivity contribution in [3.63, 3.8) is 0 Å². The first-order valence-electron chi connectivity index (χ1n) is 6.73. The zero-order chi connectivity index (χ0) is 16.2. The number of rotatable bonds is 7. The first kappa shape index (κ1) is 16.8. The predicted molar refractivity (Wildman–Crippen MR) is 87.5 cm³/mol. The summed E-state index contributed by atoms with van der Waals surface area (Å²) in [4.78, 5) is 1.26. The first-order chi connectivity index (χ1) is 10.5. The van der Waals surface area contributed by atoms with E-state index in [9.17, 15) is 8.42 Å². The van der Waals surface area contributed by atoms with Crippen LogP contribution in [0.1, 0.15) is 10.4 Å². The molecule has 0 fully saturated rings. The Morgan fingerprint density at radius 3 is 2.55 bits per heavy atom. The number of nitrogens with one attached hydrogen (secondary N) is 1. The fourth-order valence-corrected chi connectivity index (χ4v) is 4.14. The maximum atomic E-state index is 12.5. The smallest absolute Gasteiger partial charge is 0.244 e. The third kappa shape index (κ3) is 3.60. The van der Waals surface area contributed by atoms with E-state index < -0.39 is 10.0 Å². The van der Waals surface area contributed by atoms with Crippen molar-refractivity contribution >= 4 is 21.4 Å². The third-order valence-electron chi connectivity index (χ3n) is 3.28. The van der Waals surface area contributed by atoms with Crippen LogP contribution in [0, 0.1) is 6.92 Å². The number of hydrogen-bond donors (Lipinski definition) is 1. The van der Waals surface area contributed by atoms with Crippen LogP contribution in [0.5, 0.6) is 11.5 Å². The van der Waals surface area contributed by atoms with E-state index in [0.29, 0.717) is 30.0 Å². The normalized spacial score (nSPS) is 11.4. The number of hydrogen-bond acceptors (Lipinski definition) is 5. The molecule has 5 nitrogen and oxygen atoms in total. The van der Waals surface area contributed by atoms with Gasteiger partial charge >= 0.3 is 0 Å². The summed E-state index contributed by atoms with van der Waals surface area (Å²) in [6, 6.07) is 7.06. The van der Waals surface area contributed by atoms with Crippen molar-refractivity contribution in [2.24, 2.45) is 0 Å². The molecule has 0 radical (unpaired) electrons. The van der Waals surface area contributed by atoms with Crippen molar-refractivity contribution in [1.82, 2.24) is 4.72 Å². The van der Waals surface area contributed by atoms with E-state index in [0.717, 1.165) is 4.88 Å². The SMILES string of the molecule is COc1ccc(S(=O)(=O)NCCc2cccs2)c(OC)c1C. The van der Waals surface area contributed by atoms with Gasteiger partial charge in [-0.3, -0.25) is 0 Å². The topological polar surface area (TPSA) is 64.6 Å². The highest BCUT2D eigenvalue weighted by Crippen LogP contribution is 2.33. The van der Waals surface area contributed by atoms with E-state index in [2.05, 4.69) is 4.72 Å². The molecule has 2 rings (SSSR count). The molecule has 0 saturated heterocycles. The molecule has 0 amide bonds. The number of sulfonamides is 1. The number of thiophene rings is 1. The minimum atomic E-state index is -3.63. The monoisotopic (exact) mass is 341 g/mol. The predicted octanol–water partition coefficient (Wildman–Crippen LogP) is 2.59. The zero-order valence-electron chi connectivity index (χ0n) is 12.8. The Morgan fingerprint density at radius 2 is 1.95 bits per heavy atom. The van der Waals surface area contributed by atoms with Crippen LogP contribution in [-0.4, -0.2) is 29.2 Å². The molecular formula is C15H19NO4S2. The van der Waals surface area contributed by atoms with E-state index in [1.54, 1.807) is 24.3 Å². The molecule has 0 aliphatic heterocycles. The highest BCUT2D eigenvalue weighted by atomic mass is 32.2. The van der Waals surface area contributed by atoms with Gasteiger partial charge in [-0.25, -0.2) is 13.1 Å². The molecule has 1 aromatic carbocycles. The fourth-order valence-electron chi connectivity index (χ4n) is 2.18. The number of ether oxygens (including phenoxy) is 2. The summed E-state index contributed by atoms with van der Waals surface area (Å²) in [5.41, 5.74) is 0.658. The van der Waals surface area contributed by atoms with Gasteiger partial charge in [0.2, 0.25) is 10.0 Å². The zero-order valence-corrected chi connectivity index (χ0v) is 14.4. The van der Waals surface area contributed by atoms with Crippen LogP contribution in [0.3, 0.4) is 0 Å². The average molecular weight is 341 g/mol. The second kappa shape index (κ2) is 7.13. The van der Waals surface area contributed by atoms with E-state index >= 15 is 0 Å². The molecular weight excluding hydrogens is 322 g/mol. The van der Waals surface area contributed by atoms with Crippen LogP contribution in [0.25, 0.3) is 0 Å². The van der Waals surface area contributed by atoms with E-state index in [1.165, 1.54) is 20.3 Å². The summed E-state index contributed by atoms with van der Waals surface area (Å²) >= 11 is 1.61. The molecule has 22 heavy (non-hydrogen) atoms. The van der Waals surface area contributed by atoms with Crippen molar-refractivity contribution in [3.05, 3.63) is 40.1 Å². The van der Waals surface area contributed by atoms with Crippen LogP contribution in [-0.2, 0) is 16.4 Å². The van der Waals surface area contributed by atoms with Gasteiger partial charge in [-0.1, -0.05) is 6.07 Å². The molecule has 0 aliphatic rings. The molecule has 1 aromatic heterocycles. The molecule has 0 saturated carbocycles. The lowest BCUT2D eigenvalue weighted by Crippen LogP contribution is -2.26. The van der Waals surface area contributed by atoms with Gasteiger partial charge < -0.3 is 9.47 Å². The molecule has 0 unspecified atom stereocenters. The van der Waals surface area contributed by atoms with Crippen molar-refractivity contribution in [2.75, 3.05) is 20.8 Å². The summed E-state index contributed by atoms with van der Waals surface area (Å²) < 4.78 is 38.0. The van der Waals surface area contributed by atoms with Crippen LogP contribution in [0.4, 0.5) is 0 Å². The van der Waals surface area contributed by atoms with Crippen molar-refractivity contribution in [3.8, 4) is 11.5 Å². The van der Waals surface area contributed by atoms with Crippen LogP contribution in [0.2, 0.25) is 0 Å². The molecule has 7 heteroatoms. The summed E-state index contributed by atoms with van der Waals surface area (Å²) in [5, 5.41) is 1.97. The number of methoxy groups -OCH3 is 2. The summed E-state index contributed by atoms with van der Waals surface area (Å²) in [6.07, 6.45) is 0.661. The first-order valence-corrected chi connectivity index (χ1v) is 9.09. The fraction of sp³-hybridized carbons (Fsp3) is 0.333. The minimum Gasteiger partial charge on any atom is -0.496 e. The Bertz CT molecular complexity index is 724.